The first-order valence-corrected chi connectivity index (χ1v) is 7.56. The van der Waals surface area contributed by atoms with Gasteiger partial charge in [0.05, 0.1) is 0 Å². The summed E-state index contributed by atoms with van der Waals surface area (Å²) >= 11 is 7.49. The molecule has 2 aliphatic rings. The van der Waals surface area contributed by atoms with E-state index in [9.17, 15) is 0 Å². The summed E-state index contributed by atoms with van der Waals surface area (Å²) in [7, 11) is 0. The van der Waals surface area contributed by atoms with Crippen LogP contribution >= 0.6 is 24.0 Å². The van der Waals surface area contributed by atoms with Crippen LogP contribution in [0.4, 0.5) is 0 Å². The predicted molar refractivity (Wildman–Crippen MR) is 71.5 cm³/mol. The lowest BCUT2D eigenvalue weighted by atomic mass is 9.96. The minimum absolute atomic E-state index is 0.654. The molecule has 0 amide bonds. The van der Waals surface area contributed by atoms with E-state index in [4.69, 9.17) is 12.2 Å². The zero-order valence-corrected chi connectivity index (χ0v) is 10.8. The summed E-state index contributed by atoms with van der Waals surface area (Å²) in [5, 5.41) is 4.54. The van der Waals surface area contributed by atoms with Gasteiger partial charge in [0.25, 0.3) is 0 Å². The molecule has 86 valence electrons. The maximum Gasteiger partial charge on any atom is 0.169 e. The molecule has 2 nitrogen and oxygen atoms in total. The van der Waals surface area contributed by atoms with Crippen molar-refractivity contribution in [2.45, 2.75) is 38.1 Å². The molecular formula is C11H20N2S2. The van der Waals surface area contributed by atoms with Crippen molar-refractivity contribution in [3.05, 3.63) is 0 Å². The highest BCUT2D eigenvalue weighted by molar-refractivity contribution is 7.99. The van der Waals surface area contributed by atoms with E-state index in [2.05, 4.69) is 10.2 Å². The van der Waals surface area contributed by atoms with Crippen molar-refractivity contribution < 1.29 is 0 Å². The minimum atomic E-state index is 0.654. The van der Waals surface area contributed by atoms with Crippen LogP contribution < -0.4 is 5.32 Å². The monoisotopic (exact) mass is 244 g/mol. The van der Waals surface area contributed by atoms with E-state index in [0.29, 0.717) is 6.04 Å². The van der Waals surface area contributed by atoms with Crippen LogP contribution in [0.15, 0.2) is 0 Å². The topological polar surface area (TPSA) is 15.3 Å². The summed E-state index contributed by atoms with van der Waals surface area (Å²) in [6, 6.07) is 0.654. The van der Waals surface area contributed by atoms with E-state index < -0.39 is 0 Å². The largest absolute Gasteiger partial charge is 0.360 e. The highest BCUT2D eigenvalue weighted by Crippen LogP contribution is 2.18. The lowest BCUT2D eigenvalue weighted by Gasteiger charge is -2.32. The fourth-order valence-corrected chi connectivity index (χ4v) is 3.53. The molecule has 0 radical (unpaired) electrons. The SMILES string of the molecule is S=C(NC1CCCCC1)N1CCSCC1. The Morgan fingerprint density at radius 2 is 1.80 bits per heavy atom. The van der Waals surface area contributed by atoms with Crippen LogP contribution in [-0.4, -0.2) is 40.6 Å². The van der Waals surface area contributed by atoms with E-state index >= 15 is 0 Å². The first-order valence-electron chi connectivity index (χ1n) is 5.99. The minimum Gasteiger partial charge on any atom is -0.360 e. The Labute approximate surface area is 102 Å². The predicted octanol–water partition coefficient (Wildman–Crippen LogP) is 2.24. The highest BCUT2D eigenvalue weighted by Gasteiger charge is 2.18. The number of thiocarbonyl (C=S) groups is 1. The number of rotatable bonds is 1. The second kappa shape index (κ2) is 5.94. The summed E-state index contributed by atoms with van der Waals surface area (Å²) in [5.41, 5.74) is 0. The molecule has 15 heavy (non-hydrogen) atoms. The molecule has 0 spiro atoms. The Morgan fingerprint density at radius 3 is 2.47 bits per heavy atom. The first-order chi connectivity index (χ1) is 7.36. The van der Waals surface area contributed by atoms with Gasteiger partial charge in [0, 0.05) is 30.6 Å². The summed E-state index contributed by atoms with van der Waals surface area (Å²) in [6.45, 7) is 2.26. The van der Waals surface area contributed by atoms with E-state index in [0.717, 1.165) is 18.2 Å². The summed E-state index contributed by atoms with van der Waals surface area (Å²) in [5.74, 6) is 2.46. The van der Waals surface area contributed by atoms with Crippen molar-refractivity contribution in [2.24, 2.45) is 0 Å². The number of hydrogen-bond acceptors (Lipinski definition) is 2. The molecule has 1 heterocycles. The van der Waals surface area contributed by atoms with Gasteiger partial charge in [-0.05, 0) is 25.1 Å². The average Bonchev–Trinajstić information content (AvgIpc) is 2.31. The van der Waals surface area contributed by atoms with Crippen molar-refractivity contribution in [1.82, 2.24) is 10.2 Å². The lowest BCUT2D eigenvalue weighted by Crippen LogP contribution is -2.48. The summed E-state index contributed by atoms with van der Waals surface area (Å²) in [4.78, 5) is 2.33. The fourth-order valence-electron chi connectivity index (χ4n) is 2.28. The molecule has 0 atom stereocenters. The quantitative estimate of drug-likeness (QED) is 0.711. The second-order valence-electron chi connectivity index (χ2n) is 4.38. The van der Waals surface area contributed by atoms with Crippen LogP contribution in [-0.2, 0) is 0 Å². The van der Waals surface area contributed by atoms with Crippen LogP contribution in [0.1, 0.15) is 32.1 Å². The molecule has 1 saturated carbocycles. The Morgan fingerprint density at radius 1 is 1.13 bits per heavy atom. The number of hydrogen-bond donors (Lipinski definition) is 1. The second-order valence-corrected chi connectivity index (χ2v) is 6.00. The van der Waals surface area contributed by atoms with Crippen molar-refractivity contribution >= 4 is 29.1 Å². The highest BCUT2D eigenvalue weighted by atomic mass is 32.2. The molecule has 4 heteroatoms. The van der Waals surface area contributed by atoms with Gasteiger partial charge >= 0.3 is 0 Å². The molecule has 2 fully saturated rings. The van der Waals surface area contributed by atoms with Crippen LogP contribution in [0.3, 0.4) is 0 Å². The Balaban J connectivity index is 1.74. The van der Waals surface area contributed by atoms with Crippen LogP contribution in [0, 0.1) is 0 Å². The van der Waals surface area contributed by atoms with Crippen molar-refractivity contribution in [2.75, 3.05) is 24.6 Å². The zero-order valence-electron chi connectivity index (χ0n) is 9.21. The molecule has 1 N–H and O–H groups in total. The van der Waals surface area contributed by atoms with E-state index in [1.54, 1.807) is 0 Å². The van der Waals surface area contributed by atoms with Gasteiger partial charge in [-0.25, -0.2) is 0 Å². The fraction of sp³-hybridized carbons (Fsp3) is 0.909. The van der Waals surface area contributed by atoms with Crippen LogP contribution in [0.2, 0.25) is 0 Å². The Hall–Kier alpha value is 0.0400. The van der Waals surface area contributed by atoms with Gasteiger partial charge in [0.15, 0.2) is 5.11 Å². The van der Waals surface area contributed by atoms with Crippen LogP contribution in [0.5, 0.6) is 0 Å². The van der Waals surface area contributed by atoms with Gasteiger partial charge in [-0.2, -0.15) is 11.8 Å². The Bertz CT molecular complexity index is 209. The summed E-state index contributed by atoms with van der Waals surface area (Å²) in [6.07, 6.45) is 6.77. The smallest absolute Gasteiger partial charge is 0.169 e. The van der Waals surface area contributed by atoms with Crippen molar-refractivity contribution in [3.8, 4) is 0 Å². The molecule has 1 saturated heterocycles. The van der Waals surface area contributed by atoms with Crippen LogP contribution in [0.25, 0.3) is 0 Å². The lowest BCUT2D eigenvalue weighted by molar-refractivity contribution is 0.385. The average molecular weight is 244 g/mol. The Kier molecular flexibility index (Phi) is 4.57. The van der Waals surface area contributed by atoms with Gasteiger partial charge < -0.3 is 10.2 Å². The molecular weight excluding hydrogens is 224 g/mol. The van der Waals surface area contributed by atoms with E-state index in [1.165, 1.54) is 43.6 Å². The number of nitrogens with zero attached hydrogens (tertiary/aromatic N) is 1. The molecule has 1 aliphatic carbocycles. The van der Waals surface area contributed by atoms with Gasteiger partial charge in [-0.1, -0.05) is 19.3 Å². The standard InChI is InChI=1S/C11H20N2S2/c14-11(13-6-8-15-9-7-13)12-10-4-2-1-3-5-10/h10H,1-9H2,(H,12,14). The third kappa shape index (κ3) is 3.52. The molecule has 0 bridgehead atoms. The molecule has 0 aromatic rings. The van der Waals surface area contributed by atoms with Gasteiger partial charge in [-0.15, -0.1) is 0 Å². The van der Waals surface area contributed by atoms with Crippen molar-refractivity contribution in [1.29, 1.82) is 0 Å². The van der Waals surface area contributed by atoms with Crippen molar-refractivity contribution in [3.63, 3.8) is 0 Å². The van der Waals surface area contributed by atoms with E-state index in [-0.39, 0.29) is 0 Å². The van der Waals surface area contributed by atoms with Gasteiger partial charge in [0.2, 0.25) is 0 Å². The number of thioether (sulfide) groups is 1. The third-order valence-corrected chi connectivity index (χ3v) is 4.55. The first kappa shape index (κ1) is 11.5. The van der Waals surface area contributed by atoms with E-state index in [1.807, 2.05) is 11.8 Å². The molecule has 1 aliphatic heterocycles. The normalized spacial score (nSPS) is 23.9. The zero-order chi connectivity index (χ0) is 10.5. The molecule has 0 aromatic heterocycles. The third-order valence-electron chi connectivity index (χ3n) is 3.23. The molecule has 0 aromatic carbocycles. The molecule has 0 unspecified atom stereocenters. The van der Waals surface area contributed by atoms with Gasteiger partial charge in [0.1, 0.15) is 0 Å². The maximum atomic E-state index is 5.46. The number of nitrogens with one attached hydrogen (secondary N) is 1. The maximum absolute atomic E-state index is 5.46. The molecule has 2 rings (SSSR count). The summed E-state index contributed by atoms with van der Waals surface area (Å²) < 4.78 is 0. The van der Waals surface area contributed by atoms with Gasteiger partial charge in [-0.3, -0.25) is 0 Å².